The van der Waals surface area contributed by atoms with Gasteiger partial charge in [0.1, 0.15) is 11.9 Å². The highest BCUT2D eigenvalue weighted by Crippen LogP contribution is 2.27. The molecule has 134 valence electrons. The summed E-state index contributed by atoms with van der Waals surface area (Å²) in [6.45, 7) is 5.58. The molecule has 0 atom stereocenters. The molecular formula is C19H35NO3. The summed E-state index contributed by atoms with van der Waals surface area (Å²) < 4.78 is 5.42. The predicted octanol–water partition coefficient (Wildman–Crippen LogP) is 5.14. The van der Waals surface area contributed by atoms with E-state index >= 15 is 0 Å². The maximum atomic E-state index is 12.2. The number of amides is 1. The molecule has 1 fully saturated rings. The van der Waals surface area contributed by atoms with Gasteiger partial charge in [0.2, 0.25) is 0 Å². The number of alkyl carbamates (subject to hydrolysis) is 1. The van der Waals surface area contributed by atoms with Crippen LogP contribution in [0.3, 0.4) is 0 Å². The van der Waals surface area contributed by atoms with Crippen LogP contribution >= 0.6 is 0 Å². The van der Waals surface area contributed by atoms with Crippen LogP contribution in [0.5, 0.6) is 0 Å². The Hall–Kier alpha value is -1.06. The van der Waals surface area contributed by atoms with Crippen molar-refractivity contribution in [3.63, 3.8) is 0 Å². The molecular weight excluding hydrogens is 290 g/mol. The van der Waals surface area contributed by atoms with Gasteiger partial charge < -0.3 is 14.8 Å². The quantitative estimate of drug-likeness (QED) is 0.731. The number of carbonyl (C=O) groups is 2. The van der Waals surface area contributed by atoms with Gasteiger partial charge in [-0.1, -0.05) is 57.8 Å². The van der Waals surface area contributed by atoms with Crippen molar-refractivity contribution < 1.29 is 14.3 Å². The van der Waals surface area contributed by atoms with E-state index in [1.165, 1.54) is 44.9 Å². The van der Waals surface area contributed by atoms with E-state index in [4.69, 9.17) is 4.74 Å². The fourth-order valence-electron chi connectivity index (χ4n) is 3.35. The second kappa shape index (κ2) is 9.94. The predicted molar refractivity (Wildman–Crippen MR) is 93.6 cm³/mol. The molecule has 1 saturated carbocycles. The Kier molecular flexibility index (Phi) is 8.64. The lowest BCUT2D eigenvalue weighted by molar-refractivity contribution is -0.109. The highest BCUT2D eigenvalue weighted by molar-refractivity contribution is 5.69. The molecule has 1 rings (SSSR count). The van der Waals surface area contributed by atoms with Crippen molar-refractivity contribution >= 4 is 12.4 Å². The standard InChI is InChI=1S/C19H35NO3/c1-18(2,3)23-17(22)20-19(15-16-21)13-11-9-7-5-4-6-8-10-12-14-19/h16H,4-15H2,1-3H3,(H,20,22). The van der Waals surface area contributed by atoms with E-state index in [9.17, 15) is 9.59 Å². The smallest absolute Gasteiger partial charge is 0.408 e. The summed E-state index contributed by atoms with van der Waals surface area (Å²) in [4.78, 5) is 23.5. The van der Waals surface area contributed by atoms with E-state index in [0.29, 0.717) is 6.42 Å². The van der Waals surface area contributed by atoms with E-state index in [1.807, 2.05) is 20.8 Å². The number of hydrogen-bond donors (Lipinski definition) is 1. The molecule has 0 bridgehead atoms. The van der Waals surface area contributed by atoms with Gasteiger partial charge in [-0.3, -0.25) is 0 Å². The summed E-state index contributed by atoms with van der Waals surface area (Å²) in [6, 6.07) is 0. The van der Waals surface area contributed by atoms with Crippen LogP contribution in [-0.2, 0) is 9.53 Å². The first kappa shape index (κ1) is 20.0. The lowest BCUT2D eigenvalue weighted by Crippen LogP contribution is -2.50. The van der Waals surface area contributed by atoms with Gasteiger partial charge in [-0.05, 0) is 33.6 Å². The molecule has 4 heteroatoms. The van der Waals surface area contributed by atoms with Gasteiger partial charge in [0.25, 0.3) is 0 Å². The van der Waals surface area contributed by atoms with Gasteiger partial charge in [0.05, 0.1) is 0 Å². The van der Waals surface area contributed by atoms with Gasteiger partial charge in [-0.15, -0.1) is 0 Å². The number of ether oxygens (including phenoxy) is 1. The zero-order chi connectivity index (χ0) is 17.2. The molecule has 1 aliphatic carbocycles. The highest BCUT2D eigenvalue weighted by atomic mass is 16.6. The second-order valence-corrected chi connectivity index (χ2v) is 7.96. The Labute approximate surface area is 141 Å². The molecule has 0 saturated heterocycles. The molecule has 0 aliphatic heterocycles. The van der Waals surface area contributed by atoms with Crippen LogP contribution in [0.4, 0.5) is 4.79 Å². The van der Waals surface area contributed by atoms with E-state index in [0.717, 1.165) is 32.0 Å². The Morgan fingerprint density at radius 2 is 1.39 bits per heavy atom. The topological polar surface area (TPSA) is 55.4 Å². The van der Waals surface area contributed by atoms with Crippen molar-refractivity contribution in [1.82, 2.24) is 5.32 Å². The van der Waals surface area contributed by atoms with E-state index in [-0.39, 0.29) is 0 Å². The Morgan fingerprint density at radius 1 is 0.957 bits per heavy atom. The van der Waals surface area contributed by atoms with E-state index < -0.39 is 17.2 Å². The van der Waals surface area contributed by atoms with Crippen molar-refractivity contribution in [2.75, 3.05) is 0 Å². The Balaban J connectivity index is 2.72. The molecule has 1 amide bonds. The third kappa shape index (κ3) is 8.97. The zero-order valence-corrected chi connectivity index (χ0v) is 15.3. The van der Waals surface area contributed by atoms with Crippen molar-refractivity contribution in [3.8, 4) is 0 Å². The molecule has 4 nitrogen and oxygen atoms in total. The number of nitrogens with one attached hydrogen (secondary N) is 1. The fraction of sp³-hybridized carbons (Fsp3) is 0.895. The zero-order valence-electron chi connectivity index (χ0n) is 15.3. The van der Waals surface area contributed by atoms with Crippen molar-refractivity contribution in [3.05, 3.63) is 0 Å². The molecule has 0 aromatic rings. The first-order valence-electron chi connectivity index (χ1n) is 9.32. The molecule has 0 radical (unpaired) electrons. The van der Waals surface area contributed by atoms with Gasteiger partial charge in [0.15, 0.2) is 0 Å². The third-order valence-electron chi connectivity index (χ3n) is 4.55. The Morgan fingerprint density at radius 3 is 1.78 bits per heavy atom. The van der Waals surface area contributed by atoms with Gasteiger partial charge in [-0.25, -0.2) is 4.79 Å². The maximum Gasteiger partial charge on any atom is 0.408 e. The minimum absolute atomic E-state index is 0.381. The van der Waals surface area contributed by atoms with Crippen LogP contribution in [0.1, 0.15) is 97.8 Å². The minimum atomic E-state index is -0.516. The molecule has 0 aromatic carbocycles. The summed E-state index contributed by atoms with van der Waals surface area (Å²) in [5, 5.41) is 3.05. The molecule has 1 N–H and O–H groups in total. The summed E-state index contributed by atoms with van der Waals surface area (Å²) in [6.07, 6.45) is 13.6. The number of aldehydes is 1. The maximum absolute atomic E-state index is 12.2. The van der Waals surface area contributed by atoms with Gasteiger partial charge in [0, 0.05) is 12.0 Å². The molecule has 1 aliphatic rings. The summed E-state index contributed by atoms with van der Waals surface area (Å²) in [5.74, 6) is 0. The number of hydrogen-bond acceptors (Lipinski definition) is 3. The van der Waals surface area contributed by atoms with Crippen molar-refractivity contribution in [2.24, 2.45) is 0 Å². The molecule has 0 spiro atoms. The van der Waals surface area contributed by atoms with Gasteiger partial charge in [-0.2, -0.15) is 0 Å². The monoisotopic (exact) mass is 325 g/mol. The highest BCUT2D eigenvalue weighted by Gasteiger charge is 2.32. The van der Waals surface area contributed by atoms with Crippen LogP contribution in [-0.4, -0.2) is 23.5 Å². The minimum Gasteiger partial charge on any atom is -0.444 e. The molecule has 0 unspecified atom stereocenters. The third-order valence-corrected chi connectivity index (χ3v) is 4.55. The fourth-order valence-corrected chi connectivity index (χ4v) is 3.35. The lowest BCUT2D eigenvalue weighted by atomic mass is 9.83. The molecule has 23 heavy (non-hydrogen) atoms. The molecule has 0 heterocycles. The average Bonchev–Trinajstić information content (AvgIpc) is 2.41. The van der Waals surface area contributed by atoms with Gasteiger partial charge >= 0.3 is 6.09 Å². The van der Waals surface area contributed by atoms with Crippen LogP contribution < -0.4 is 5.32 Å². The normalized spacial score (nSPS) is 20.7. The Bertz CT molecular complexity index is 348. The first-order valence-corrected chi connectivity index (χ1v) is 9.32. The van der Waals surface area contributed by atoms with Crippen LogP contribution in [0.2, 0.25) is 0 Å². The largest absolute Gasteiger partial charge is 0.444 e. The van der Waals surface area contributed by atoms with Crippen molar-refractivity contribution in [1.29, 1.82) is 0 Å². The number of rotatable bonds is 3. The van der Waals surface area contributed by atoms with E-state index in [2.05, 4.69) is 5.32 Å². The van der Waals surface area contributed by atoms with E-state index in [1.54, 1.807) is 0 Å². The average molecular weight is 325 g/mol. The summed E-state index contributed by atoms with van der Waals surface area (Å²) in [5.41, 5.74) is -0.943. The second-order valence-electron chi connectivity index (χ2n) is 7.96. The SMILES string of the molecule is CC(C)(C)OC(=O)NC1(CC=O)CCCCCCCCCCC1. The first-order chi connectivity index (χ1) is 10.9. The van der Waals surface area contributed by atoms with Crippen LogP contribution in [0.25, 0.3) is 0 Å². The lowest BCUT2D eigenvalue weighted by Gasteiger charge is -2.35. The number of carbonyl (C=O) groups excluding carboxylic acids is 2. The summed E-state index contributed by atoms with van der Waals surface area (Å²) >= 11 is 0. The summed E-state index contributed by atoms with van der Waals surface area (Å²) in [7, 11) is 0. The van der Waals surface area contributed by atoms with Crippen LogP contribution in [0.15, 0.2) is 0 Å². The van der Waals surface area contributed by atoms with Crippen molar-refractivity contribution in [2.45, 2.75) is 109 Å². The van der Waals surface area contributed by atoms with Crippen LogP contribution in [0, 0.1) is 0 Å². The molecule has 0 aromatic heterocycles.